The molecule has 2 aromatic rings. The molecule has 2 unspecified atom stereocenters. The van der Waals surface area contributed by atoms with E-state index in [0.717, 1.165) is 0 Å². The quantitative estimate of drug-likeness (QED) is 0.424. The predicted molar refractivity (Wildman–Crippen MR) is 156 cm³/mol. The van der Waals surface area contributed by atoms with Gasteiger partial charge in [0.1, 0.15) is 34.9 Å². The van der Waals surface area contributed by atoms with E-state index in [1.807, 2.05) is 0 Å². The van der Waals surface area contributed by atoms with Gasteiger partial charge in [-0.1, -0.05) is 0 Å². The van der Waals surface area contributed by atoms with Gasteiger partial charge in [-0.25, -0.2) is 0 Å². The second-order valence-corrected chi connectivity index (χ2v) is 14.2. The number of benzene rings is 2. The average molecular weight is 634 g/mol. The Kier molecular flexibility index (Phi) is 7.70. The van der Waals surface area contributed by atoms with Crippen molar-refractivity contribution in [3.8, 4) is 23.6 Å². The first kappa shape index (κ1) is 31.1. The van der Waals surface area contributed by atoms with Gasteiger partial charge in [0.05, 0.1) is 35.3 Å². The van der Waals surface area contributed by atoms with E-state index in [1.54, 1.807) is 73.9 Å². The molecule has 0 aliphatic carbocycles. The molecule has 2 aromatic carbocycles. The fourth-order valence-corrected chi connectivity index (χ4v) is 8.26. The molecular formula is C32H34N4O8P-. The number of carbonyl (C=O) groups excluding carboxylic acids is 2. The lowest BCUT2D eigenvalue weighted by Crippen LogP contribution is -2.57. The number of carbonyl (C=O) groups is 2. The van der Waals surface area contributed by atoms with Crippen LogP contribution in [0.3, 0.4) is 0 Å². The first-order chi connectivity index (χ1) is 21.2. The highest BCUT2D eigenvalue weighted by Gasteiger charge is 2.54. The Balaban J connectivity index is 1.40. The summed E-state index contributed by atoms with van der Waals surface area (Å²) in [5, 5.41) is 19.2. The zero-order valence-corrected chi connectivity index (χ0v) is 26.4. The van der Waals surface area contributed by atoms with E-state index in [0.29, 0.717) is 72.5 Å². The molecule has 2 fully saturated rings. The number of hydrogen-bond donors (Lipinski definition) is 0. The summed E-state index contributed by atoms with van der Waals surface area (Å²) in [5.74, 6) is 0.509. The molecule has 0 aromatic heterocycles. The Morgan fingerprint density at radius 2 is 1.20 bits per heavy atom. The van der Waals surface area contributed by atoms with E-state index in [1.165, 1.54) is 0 Å². The summed E-state index contributed by atoms with van der Waals surface area (Å²) in [6, 6.07) is 12.1. The van der Waals surface area contributed by atoms with Crippen molar-refractivity contribution in [2.75, 3.05) is 13.1 Å². The Morgan fingerprint density at radius 3 is 1.53 bits per heavy atom. The fraction of sp³-hybridized carbons (Fsp3) is 0.500. The molecule has 0 radical (unpaired) electrons. The summed E-state index contributed by atoms with van der Waals surface area (Å²) < 4.78 is 38.4. The molecule has 45 heavy (non-hydrogen) atoms. The molecule has 0 spiro atoms. The van der Waals surface area contributed by atoms with E-state index < -0.39 is 43.3 Å². The number of fused-ring (bicyclic) bond motifs is 2. The van der Waals surface area contributed by atoms with Gasteiger partial charge in [-0.2, -0.15) is 10.5 Å². The number of likely N-dealkylation sites (tertiary alicyclic amines) is 2. The topological polar surface area (TPSA) is 165 Å². The van der Waals surface area contributed by atoms with Crippen LogP contribution in [0.5, 0.6) is 11.5 Å². The van der Waals surface area contributed by atoms with Crippen LogP contribution in [-0.4, -0.2) is 58.1 Å². The third-order valence-electron chi connectivity index (χ3n) is 8.98. The summed E-state index contributed by atoms with van der Waals surface area (Å²) in [4.78, 5) is 43.3. The molecule has 4 heterocycles. The second kappa shape index (κ2) is 11.1. The number of nitriles is 2. The summed E-state index contributed by atoms with van der Waals surface area (Å²) >= 11 is 0. The number of nitrogens with zero attached hydrogens (tertiary/aromatic N) is 4. The number of hydrogen-bond acceptors (Lipinski definition) is 10. The average Bonchev–Trinajstić information content (AvgIpc) is 3.60. The maximum absolute atomic E-state index is 14.1. The van der Waals surface area contributed by atoms with Gasteiger partial charge in [0.25, 0.3) is 7.82 Å². The van der Waals surface area contributed by atoms with E-state index in [-0.39, 0.29) is 11.8 Å². The van der Waals surface area contributed by atoms with Gasteiger partial charge in [0.2, 0.25) is 11.8 Å². The standard InChI is InChI=1S/C32H35N4O8P/c1-31(2)29(27(35-13-5-7-25(35)37)21-15-19(17-33)9-11-23(21)41-31)43-45(39,40)44-30-28(36-14-6-8-26(36)38)22-16-20(18-34)10-12-24(22)42-32(30,3)4/h9-12,15-16,27-30H,5-8,13-14H2,1-4H3,(H,39,40)/p-1/t27-,28?,29-,30-/m0/s1. The Morgan fingerprint density at radius 1 is 0.800 bits per heavy atom. The first-order valence-electron chi connectivity index (χ1n) is 15.0. The van der Waals surface area contributed by atoms with Crippen molar-refractivity contribution in [2.45, 2.75) is 88.9 Å². The van der Waals surface area contributed by atoms with Gasteiger partial charge in [0, 0.05) is 37.1 Å². The summed E-state index contributed by atoms with van der Waals surface area (Å²) in [7, 11) is -5.26. The molecule has 6 rings (SSSR count). The predicted octanol–water partition coefficient (Wildman–Crippen LogP) is 4.04. The van der Waals surface area contributed by atoms with Crippen molar-refractivity contribution < 1.29 is 37.6 Å². The highest BCUT2D eigenvalue weighted by Crippen LogP contribution is 2.56. The fourth-order valence-electron chi connectivity index (χ4n) is 6.91. The maximum atomic E-state index is 14.1. The third kappa shape index (κ3) is 5.57. The zero-order valence-electron chi connectivity index (χ0n) is 25.5. The molecule has 12 nitrogen and oxygen atoms in total. The van der Waals surface area contributed by atoms with E-state index in [4.69, 9.17) is 18.5 Å². The van der Waals surface area contributed by atoms with Crippen molar-refractivity contribution in [2.24, 2.45) is 0 Å². The van der Waals surface area contributed by atoms with Gasteiger partial charge in [0.15, 0.2) is 0 Å². The third-order valence-corrected chi connectivity index (χ3v) is 9.95. The molecule has 2 saturated heterocycles. The molecule has 236 valence electrons. The molecule has 2 amide bonds. The molecular weight excluding hydrogens is 599 g/mol. The van der Waals surface area contributed by atoms with Crippen LogP contribution >= 0.6 is 7.82 Å². The van der Waals surface area contributed by atoms with Crippen molar-refractivity contribution in [3.05, 3.63) is 58.7 Å². The number of phosphoric ester groups is 1. The minimum Gasteiger partial charge on any atom is -0.756 e. The minimum atomic E-state index is -5.26. The van der Waals surface area contributed by atoms with Crippen molar-refractivity contribution >= 4 is 19.6 Å². The van der Waals surface area contributed by atoms with Crippen LogP contribution in [0.1, 0.15) is 87.7 Å². The van der Waals surface area contributed by atoms with Crippen molar-refractivity contribution in [1.82, 2.24) is 9.80 Å². The maximum Gasteiger partial charge on any atom is 0.268 e. The van der Waals surface area contributed by atoms with E-state index >= 15 is 0 Å². The number of ether oxygens (including phenoxy) is 2. The van der Waals surface area contributed by atoms with Gasteiger partial charge < -0.3 is 33.2 Å². The van der Waals surface area contributed by atoms with Gasteiger partial charge in [-0.05, 0) is 76.9 Å². The number of phosphoric acid groups is 1. The molecule has 4 aliphatic heterocycles. The Hall–Kier alpha value is -3.93. The SMILES string of the molecule is CC1(C)Oc2ccc(C#N)cc2C(N2CCCC2=O)[C@@H]1OP(=O)([O-])O[C@H]1[C@@H](N2CCCC2=O)c2cc(C#N)ccc2OC1(C)C. The van der Waals surface area contributed by atoms with Crippen molar-refractivity contribution in [1.29, 1.82) is 10.5 Å². The zero-order chi connectivity index (χ0) is 32.3. The Labute approximate surface area is 261 Å². The highest BCUT2D eigenvalue weighted by molar-refractivity contribution is 7.45. The van der Waals surface area contributed by atoms with Crippen LogP contribution in [0.2, 0.25) is 0 Å². The molecule has 0 saturated carbocycles. The smallest absolute Gasteiger partial charge is 0.268 e. The van der Waals surface area contributed by atoms with Crippen LogP contribution in [0, 0.1) is 22.7 Å². The normalized spacial score (nSPS) is 27.8. The van der Waals surface area contributed by atoms with E-state index in [9.17, 15) is 29.6 Å². The van der Waals surface area contributed by atoms with Crippen LogP contribution in [0.4, 0.5) is 0 Å². The molecule has 13 heteroatoms. The molecule has 0 N–H and O–H groups in total. The van der Waals surface area contributed by atoms with Gasteiger partial charge in [-0.15, -0.1) is 0 Å². The lowest BCUT2D eigenvalue weighted by atomic mass is 9.85. The minimum absolute atomic E-state index is 0.166. The molecule has 5 atom stereocenters. The number of amides is 2. The van der Waals surface area contributed by atoms with Crippen LogP contribution in [-0.2, 0) is 23.2 Å². The highest BCUT2D eigenvalue weighted by atomic mass is 31.2. The van der Waals surface area contributed by atoms with E-state index in [2.05, 4.69) is 12.1 Å². The lowest BCUT2D eigenvalue weighted by molar-refractivity contribution is -0.253. The van der Waals surface area contributed by atoms with Crippen LogP contribution in [0.15, 0.2) is 36.4 Å². The summed E-state index contributed by atoms with van der Waals surface area (Å²) in [5.41, 5.74) is -0.931. The summed E-state index contributed by atoms with van der Waals surface area (Å²) in [6.07, 6.45) is -0.724. The van der Waals surface area contributed by atoms with Crippen LogP contribution in [0.25, 0.3) is 0 Å². The number of rotatable bonds is 6. The molecule has 4 aliphatic rings. The monoisotopic (exact) mass is 633 g/mol. The largest absolute Gasteiger partial charge is 0.756 e. The summed E-state index contributed by atoms with van der Waals surface area (Å²) in [6.45, 7) is 7.44. The molecule has 0 bridgehead atoms. The Bertz CT molecular complexity index is 1580. The van der Waals surface area contributed by atoms with Gasteiger partial charge in [-0.3, -0.25) is 14.2 Å². The second-order valence-electron chi connectivity index (χ2n) is 12.9. The first-order valence-corrected chi connectivity index (χ1v) is 16.4. The van der Waals surface area contributed by atoms with Gasteiger partial charge >= 0.3 is 0 Å². The van der Waals surface area contributed by atoms with Crippen molar-refractivity contribution in [3.63, 3.8) is 0 Å². The lowest BCUT2D eigenvalue weighted by Gasteiger charge is -2.51. The van der Waals surface area contributed by atoms with Crippen LogP contribution < -0.4 is 14.4 Å².